The Morgan fingerprint density at radius 3 is 2.69 bits per heavy atom. The minimum atomic E-state index is -4.29. The third kappa shape index (κ3) is 2.79. The molecule has 5 nitrogen and oxygen atoms in total. The fraction of sp³-hybridized carbons (Fsp3) is 0. The lowest BCUT2D eigenvalue weighted by Crippen LogP contribution is -2.20. The maximum Gasteiger partial charge on any atom is 0.380 e. The van der Waals surface area contributed by atoms with Crippen LogP contribution in [-0.2, 0) is 10.3 Å². The highest BCUT2D eigenvalue weighted by Crippen LogP contribution is 2.26. The normalized spacial score (nSPS) is 11.3. The van der Waals surface area contributed by atoms with Crippen LogP contribution in [0.15, 0.2) is 12.3 Å². The van der Waals surface area contributed by atoms with Gasteiger partial charge in [0, 0.05) is 6.20 Å². The molecule has 0 amide bonds. The molecule has 1 aromatic heterocycles. The second-order valence-corrected chi connectivity index (χ2v) is 3.55. The van der Waals surface area contributed by atoms with Crippen molar-refractivity contribution in [3.63, 3.8) is 0 Å². The number of pyridine rings is 1. The van der Waals surface area contributed by atoms with Crippen LogP contribution in [0.3, 0.4) is 0 Å². The van der Waals surface area contributed by atoms with E-state index in [0.29, 0.717) is 0 Å². The molecular formula is C5H4ClFN2O3S. The van der Waals surface area contributed by atoms with E-state index < -0.39 is 22.0 Å². The maximum atomic E-state index is 12.7. The molecule has 0 spiro atoms. The highest BCUT2D eigenvalue weighted by atomic mass is 35.5. The van der Waals surface area contributed by atoms with Gasteiger partial charge in [0.15, 0.2) is 0 Å². The van der Waals surface area contributed by atoms with Crippen molar-refractivity contribution in [3.8, 4) is 5.75 Å². The van der Waals surface area contributed by atoms with Crippen LogP contribution in [0.2, 0.25) is 5.02 Å². The van der Waals surface area contributed by atoms with Gasteiger partial charge in [0.05, 0.1) is 5.02 Å². The van der Waals surface area contributed by atoms with Crippen LogP contribution in [-0.4, -0.2) is 13.4 Å². The van der Waals surface area contributed by atoms with Gasteiger partial charge in [0.25, 0.3) is 5.95 Å². The molecule has 0 aliphatic carbocycles. The minimum absolute atomic E-state index is 0.221. The summed E-state index contributed by atoms with van der Waals surface area (Å²) < 4.78 is 37.6. The Morgan fingerprint density at radius 1 is 1.62 bits per heavy atom. The first-order valence-corrected chi connectivity index (χ1v) is 4.77. The predicted octanol–water partition coefficient (Wildman–Crippen LogP) is 0.456. The first kappa shape index (κ1) is 10.2. The highest BCUT2D eigenvalue weighted by molar-refractivity contribution is 7.84. The summed E-state index contributed by atoms with van der Waals surface area (Å²) in [4.78, 5) is 3.13. The molecule has 0 bridgehead atoms. The van der Waals surface area contributed by atoms with Gasteiger partial charge in [-0.05, 0) is 6.07 Å². The fourth-order valence-corrected chi connectivity index (χ4v) is 1.20. The van der Waals surface area contributed by atoms with Gasteiger partial charge < -0.3 is 4.18 Å². The van der Waals surface area contributed by atoms with Crippen LogP contribution in [0, 0.1) is 5.95 Å². The van der Waals surface area contributed by atoms with Crippen LogP contribution in [0.1, 0.15) is 0 Å². The van der Waals surface area contributed by atoms with E-state index in [0.717, 1.165) is 6.20 Å². The van der Waals surface area contributed by atoms with Crippen molar-refractivity contribution in [2.45, 2.75) is 0 Å². The first-order chi connectivity index (χ1) is 5.90. The lowest BCUT2D eigenvalue weighted by Gasteiger charge is -2.03. The van der Waals surface area contributed by atoms with Gasteiger partial charge in [-0.1, -0.05) is 11.6 Å². The lowest BCUT2D eigenvalue weighted by molar-refractivity contribution is 0.452. The Labute approximate surface area is 78.5 Å². The molecule has 0 unspecified atom stereocenters. The van der Waals surface area contributed by atoms with E-state index in [1.165, 1.54) is 6.07 Å². The second-order valence-electron chi connectivity index (χ2n) is 1.99. The smallest absolute Gasteiger partial charge is 0.364 e. The summed E-state index contributed by atoms with van der Waals surface area (Å²) in [5.41, 5.74) is 0. The van der Waals surface area contributed by atoms with Crippen LogP contribution in [0.4, 0.5) is 4.39 Å². The summed E-state index contributed by atoms with van der Waals surface area (Å²) in [6.07, 6.45) is 1.06. The molecule has 8 heteroatoms. The van der Waals surface area contributed by atoms with Gasteiger partial charge in [0.2, 0.25) is 5.75 Å². The molecule has 1 heterocycles. The standard InChI is InChI=1S/C5H4ClFN2O3S/c6-3-1-2-9-5(7)4(3)12-13(8,10)11/h1-2H,(H2,8,10,11). The minimum Gasteiger partial charge on any atom is -0.364 e. The summed E-state index contributed by atoms with van der Waals surface area (Å²) in [7, 11) is -4.29. The zero-order valence-corrected chi connectivity index (χ0v) is 7.64. The van der Waals surface area contributed by atoms with E-state index in [4.69, 9.17) is 11.6 Å². The zero-order chi connectivity index (χ0) is 10.1. The summed E-state index contributed by atoms with van der Waals surface area (Å²) in [6.45, 7) is 0. The number of hydrogen-bond acceptors (Lipinski definition) is 4. The van der Waals surface area contributed by atoms with Crippen molar-refractivity contribution in [3.05, 3.63) is 23.2 Å². The second kappa shape index (κ2) is 3.44. The third-order valence-corrected chi connectivity index (χ3v) is 1.71. The number of nitrogens with zero attached hydrogens (tertiary/aromatic N) is 1. The zero-order valence-electron chi connectivity index (χ0n) is 6.07. The van der Waals surface area contributed by atoms with Gasteiger partial charge in [-0.2, -0.15) is 17.9 Å². The Bertz CT molecular complexity index is 402. The molecule has 2 N–H and O–H groups in total. The SMILES string of the molecule is NS(=O)(=O)Oc1c(Cl)ccnc1F. The monoisotopic (exact) mass is 226 g/mol. The summed E-state index contributed by atoms with van der Waals surface area (Å²) in [5, 5.41) is 4.28. The average molecular weight is 227 g/mol. The van der Waals surface area contributed by atoms with Gasteiger partial charge in [-0.25, -0.2) is 4.98 Å². The largest absolute Gasteiger partial charge is 0.380 e. The van der Waals surface area contributed by atoms with E-state index in [-0.39, 0.29) is 5.02 Å². The summed E-state index contributed by atoms with van der Waals surface area (Å²) in [6, 6.07) is 1.17. The molecule has 0 saturated heterocycles. The number of nitrogens with two attached hydrogens (primary N) is 1. The first-order valence-electron chi connectivity index (χ1n) is 2.92. The fourth-order valence-electron chi connectivity index (χ4n) is 0.591. The van der Waals surface area contributed by atoms with Crippen molar-refractivity contribution >= 4 is 21.9 Å². The van der Waals surface area contributed by atoms with Gasteiger partial charge >= 0.3 is 10.3 Å². The molecule has 1 rings (SSSR count). The van der Waals surface area contributed by atoms with Crippen molar-refractivity contribution in [2.75, 3.05) is 0 Å². The molecule has 72 valence electrons. The number of halogens is 2. The van der Waals surface area contributed by atoms with Gasteiger partial charge in [-0.3, -0.25) is 0 Å². The van der Waals surface area contributed by atoms with Crippen molar-refractivity contribution in [1.82, 2.24) is 4.98 Å². The molecule has 0 aliphatic heterocycles. The molecule has 13 heavy (non-hydrogen) atoms. The molecule has 0 atom stereocenters. The summed E-state index contributed by atoms with van der Waals surface area (Å²) >= 11 is 5.41. The molecule has 0 radical (unpaired) electrons. The molecular weight excluding hydrogens is 223 g/mol. The number of rotatable bonds is 2. The topological polar surface area (TPSA) is 82.3 Å². The van der Waals surface area contributed by atoms with Crippen molar-refractivity contribution in [1.29, 1.82) is 0 Å². The van der Waals surface area contributed by atoms with Crippen LogP contribution in [0.25, 0.3) is 0 Å². The Balaban J connectivity index is 3.15. The molecule has 0 aliphatic rings. The highest BCUT2D eigenvalue weighted by Gasteiger charge is 2.15. The summed E-state index contributed by atoms with van der Waals surface area (Å²) in [5.74, 6) is -1.84. The molecule has 0 saturated carbocycles. The third-order valence-electron chi connectivity index (χ3n) is 1.01. The predicted molar refractivity (Wildman–Crippen MR) is 42.9 cm³/mol. The van der Waals surface area contributed by atoms with E-state index in [2.05, 4.69) is 14.3 Å². The van der Waals surface area contributed by atoms with E-state index >= 15 is 0 Å². The maximum absolute atomic E-state index is 12.7. The van der Waals surface area contributed by atoms with Gasteiger partial charge in [-0.15, -0.1) is 0 Å². The number of hydrogen-bond donors (Lipinski definition) is 1. The van der Waals surface area contributed by atoms with Gasteiger partial charge in [0.1, 0.15) is 0 Å². The Kier molecular flexibility index (Phi) is 2.69. The molecule has 0 aromatic carbocycles. The van der Waals surface area contributed by atoms with Crippen molar-refractivity contribution in [2.24, 2.45) is 5.14 Å². The van der Waals surface area contributed by atoms with E-state index in [9.17, 15) is 12.8 Å². The Morgan fingerprint density at radius 2 is 2.23 bits per heavy atom. The van der Waals surface area contributed by atoms with Crippen LogP contribution >= 0.6 is 11.6 Å². The van der Waals surface area contributed by atoms with E-state index in [1.54, 1.807) is 0 Å². The van der Waals surface area contributed by atoms with Crippen molar-refractivity contribution < 1.29 is 17.0 Å². The van der Waals surface area contributed by atoms with Crippen LogP contribution in [0.5, 0.6) is 5.75 Å². The Hall–Kier alpha value is -0.920. The molecule has 1 aromatic rings. The lowest BCUT2D eigenvalue weighted by atomic mass is 10.4. The van der Waals surface area contributed by atoms with E-state index in [1.807, 2.05) is 0 Å². The average Bonchev–Trinajstić information content (AvgIpc) is 1.95. The van der Waals surface area contributed by atoms with Crippen LogP contribution < -0.4 is 9.32 Å². The number of aromatic nitrogens is 1. The quantitative estimate of drug-likeness (QED) is 0.743. The molecule has 0 fully saturated rings.